The predicted molar refractivity (Wildman–Crippen MR) is 88.9 cm³/mol. The number of primary amides is 1. The van der Waals surface area contributed by atoms with Crippen LogP contribution >= 0.6 is 11.3 Å². The second-order valence-electron chi connectivity index (χ2n) is 4.88. The molecular formula is C15H16N2O5S2. The van der Waals surface area contributed by atoms with Gasteiger partial charge in [-0.2, -0.15) is 0 Å². The molecule has 1 aromatic carbocycles. The largest absolute Gasteiger partial charge is 0.449 e. The van der Waals surface area contributed by atoms with Crippen LogP contribution in [0.2, 0.25) is 0 Å². The highest BCUT2D eigenvalue weighted by molar-refractivity contribution is 7.89. The Morgan fingerprint density at radius 3 is 2.67 bits per heavy atom. The van der Waals surface area contributed by atoms with Crippen molar-refractivity contribution < 1.29 is 22.7 Å². The molecule has 0 bridgehead atoms. The van der Waals surface area contributed by atoms with Gasteiger partial charge in [-0.05, 0) is 36.6 Å². The van der Waals surface area contributed by atoms with Crippen LogP contribution in [-0.4, -0.2) is 26.4 Å². The van der Waals surface area contributed by atoms with Crippen molar-refractivity contribution in [2.45, 2.75) is 24.5 Å². The first kappa shape index (κ1) is 18.1. The van der Waals surface area contributed by atoms with Crippen molar-refractivity contribution in [3.05, 3.63) is 52.2 Å². The lowest BCUT2D eigenvalue weighted by molar-refractivity contribution is -0.125. The minimum atomic E-state index is -3.78. The van der Waals surface area contributed by atoms with Gasteiger partial charge in [-0.25, -0.2) is 17.9 Å². The van der Waals surface area contributed by atoms with E-state index in [1.807, 2.05) is 17.5 Å². The highest BCUT2D eigenvalue weighted by Crippen LogP contribution is 2.15. The molecule has 0 fully saturated rings. The van der Waals surface area contributed by atoms with Crippen molar-refractivity contribution in [2.24, 2.45) is 5.73 Å². The zero-order valence-electron chi connectivity index (χ0n) is 12.8. The molecule has 1 atom stereocenters. The molecule has 7 nitrogen and oxygen atoms in total. The van der Waals surface area contributed by atoms with E-state index < -0.39 is 28.0 Å². The Bertz CT molecular complexity index is 831. The molecule has 1 heterocycles. The number of hydrogen-bond donors (Lipinski definition) is 2. The summed E-state index contributed by atoms with van der Waals surface area (Å²) in [4.78, 5) is 23.7. The highest BCUT2D eigenvalue weighted by atomic mass is 32.2. The third-order valence-corrected chi connectivity index (χ3v) is 5.36. The summed E-state index contributed by atoms with van der Waals surface area (Å²) in [6.07, 6.45) is -1.10. The van der Waals surface area contributed by atoms with E-state index in [0.29, 0.717) is 0 Å². The summed E-state index contributed by atoms with van der Waals surface area (Å²) in [6.45, 7) is 1.50. The van der Waals surface area contributed by atoms with Crippen LogP contribution in [0.3, 0.4) is 0 Å². The number of carbonyl (C=O) groups is 2. The monoisotopic (exact) mass is 368 g/mol. The van der Waals surface area contributed by atoms with Crippen LogP contribution in [0.5, 0.6) is 0 Å². The summed E-state index contributed by atoms with van der Waals surface area (Å²) in [5.74, 6) is -1.61. The van der Waals surface area contributed by atoms with Crippen LogP contribution in [0.4, 0.5) is 0 Å². The molecule has 0 saturated carbocycles. The normalized spacial score (nSPS) is 12.5. The highest BCUT2D eigenvalue weighted by Gasteiger charge is 2.19. The number of hydrogen-bond acceptors (Lipinski definition) is 6. The Labute approximate surface area is 143 Å². The second-order valence-corrected chi connectivity index (χ2v) is 7.68. The van der Waals surface area contributed by atoms with E-state index in [2.05, 4.69) is 4.72 Å². The number of benzene rings is 1. The molecule has 1 amide bonds. The average Bonchev–Trinajstić information content (AvgIpc) is 3.06. The molecule has 9 heteroatoms. The fraction of sp³-hybridized carbons (Fsp3) is 0.200. The van der Waals surface area contributed by atoms with E-state index in [1.54, 1.807) is 0 Å². The third-order valence-electron chi connectivity index (χ3n) is 3.08. The number of thiophene rings is 1. The minimum Gasteiger partial charge on any atom is -0.449 e. The lowest BCUT2D eigenvalue weighted by Gasteiger charge is -2.11. The molecule has 1 unspecified atom stereocenters. The van der Waals surface area contributed by atoms with Crippen LogP contribution < -0.4 is 10.5 Å². The number of nitrogens with one attached hydrogen (secondary N) is 1. The summed E-state index contributed by atoms with van der Waals surface area (Å²) in [5, 5.41) is 1.85. The van der Waals surface area contributed by atoms with E-state index in [0.717, 1.165) is 4.88 Å². The first-order valence-electron chi connectivity index (χ1n) is 6.92. The SMILES string of the molecule is CC(OC(=O)c1cccc(S(=O)(=O)NCc2cccs2)c1)C(N)=O. The van der Waals surface area contributed by atoms with Crippen LogP contribution in [-0.2, 0) is 26.1 Å². The number of rotatable bonds is 7. The van der Waals surface area contributed by atoms with Gasteiger partial charge in [0.2, 0.25) is 10.0 Å². The maximum Gasteiger partial charge on any atom is 0.338 e. The zero-order chi connectivity index (χ0) is 17.7. The Morgan fingerprint density at radius 2 is 2.04 bits per heavy atom. The summed E-state index contributed by atoms with van der Waals surface area (Å²) in [7, 11) is -3.78. The minimum absolute atomic E-state index is 0.0158. The van der Waals surface area contributed by atoms with Gasteiger partial charge in [0.25, 0.3) is 5.91 Å². The Balaban J connectivity index is 2.13. The van der Waals surface area contributed by atoms with Crippen LogP contribution in [0.15, 0.2) is 46.7 Å². The van der Waals surface area contributed by atoms with E-state index in [-0.39, 0.29) is 17.0 Å². The van der Waals surface area contributed by atoms with Gasteiger partial charge in [-0.3, -0.25) is 4.79 Å². The second kappa shape index (κ2) is 7.56. The number of esters is 1. The van der Waals surface area contributed by atoms with Crippen molar-refractivity contribution in [1.29, 1.82) is 0 Å². The molecule has 0 saturated heterocycles. The van der Waals surface area contributed by atoms with Crippen molar-refractivity contribution >= 4 is 33.2 Å². The fourth-order valence-electron chi connectivity index (χ4n) is 1.74. The smallest absolute Gasteiger partial charge is 0.338 e. The van der Waals surface area contributed by atoms with Crippen LogP contribution in [0, 0.1) is 0 Å². The molecule has 2 rings (SSSR count). The molecule has 2 aromatic rings. The topological polar surface area (TPSA) is 116 Å². The third kappa shape index (κ3) is 4.63. The maximum atomic E-state index is 12.3. The molecule has 1 aromatic heterocycles. The molecule has 3 N–H and O–H groups in total. The van der Waals surface area contributed by atoms with Crippen molar-refractivity contribution in [3.63, 3.8) is 0 Å². The number of carbonyl (C=O) groups excluding carboxylic acids is 2. The van der Waals surface area contributed by atoms with Crippen molar-refractivity contribution in [1.82, 2.24) is 4.72 Å². The Kier molecular flexibility index (Phi) is 5.71. The number of amides is 1. The molecule has 0 aliphatic rings. The molecule has 0 spiro atoms. The number of ether oxygens (including phenoxy) is 1. The first-order chi connectivity index (χ1) is 11.3. The van der Waals surface area contributed by atoms with Crippen LogP contribution in [0.25, 0.3) is 0 Å². The zero-order valence-corrected chi connectivity index (χ0v) is 14.4. The van der Waals surface area contributed by atoms with Gasteiger partial charge in [0.05, 0.1) is 10.5 Å². The Morgan fingerprint density at radius 1 is 1.29 bits per heavy atom. The fourth-order valence-corrected chi connectivity index (χ4v) is 3.53. The molecule has 0 radical (unpaired) electrons. The van der Waals surface area contributed by atoms with Crippen molar-refractivity contribution in [2.75, 3.05) is 0 Å². The summed E-state index contributed by atoms with van der Waals surface area (Å²) < 4.78 is 31.9. The van der Waals surface area contributed by atoms with Crippen molar-refractivity contribution in [3.8, 4) is 0 Å². The molecule has 0 aliphatic carbocycles. The molecule has 0 aliphatic heterocycles. The summed E-state index contributed by atoms with van der Waals surface area (Å²) in [6, 6.07) is 9.01. The van der Waals surface area contributed by atoms with Gasteiger partial charge in [-0.1, -0.05) is 12.1 Å². The molecular weight excluding hydrogens is 352 g/mol. The molecule has 128 valence electrons. The Hall–Kier alpha value is -2.23. The van der Waals surface area contributed by atoms with E-state index >= 15 is 0 Å². The van der Waals surface area contributed by atoms with Gasteiger partial charge in [0.15, 0.2) is 6.10 Å². The average molecular weight is 368 g/mol. The van der Waals surface area contributed by atoms with Gasteiger partial charge < -0.3 is 10.5 Å². The predicted octanol–water partition coefficient (Wildman–Crippen LogP) is 1.26. The van der Waals surface area contributed by atoms with Gasteiger partial charge >= 0.3 is 5.97 Å². The lowest BCUT2D eigenvalue weighted by atomic mass is 10.2. The van der Waals surface area contributed by atoms with E-state index in [1.165, 1.54) is 42.5 Å². The summed E-state index contributed by atoms with van der Waals surface area (Å²) >= 11 is 1.43. The van der Waals surface area contributed by atoms with Gasteiger partial charge in [-0.15, -0.1) is 11.3 Å². The number of nitrogens with two attached hydrogens (primary N) is 1. The quantitative estimate of drug-likeness (QED) is 0.714. The standard InChI is InChI=1S/C15H16N2O5S2/c1-10(14(16)18)22-15(19)11-4-2-6-13(8-11)24(20,21)17-9-12-5-3-7-23-12/h2-8,10,17H,9H2,1H3,(H2,16,18). The van der Waals surface area contributed by atoms with Crippen LogP contribution in [0.1, 0.15) is 22.2 Å². The first-order valence-corrected chi connectivity index (χ1v) is 9.28. The lowest BCUT2D eigenvalue weighted by Crippen LogP contribution is -2.30. The van der Waals surface area contributed by atoms with Gasteiger partial charge in [0, 0.05) is 11.4 Å². The number of sulfonamides is 1. The van der Waals surface area contributed by atoms with E-state index in [4.69, 9.17) is 10.5 Å². The maximum absolute atomic E-state index is 12.3. The summed E-state index contributed by atoms with van der Waals surface area (Å²) in [5.41, 5.74) is 5.04. The van der Waals surface area contributed by atoms with E-state index in [9.17, 15) is 18.0 Å². The molecule has 24 heavy (non-hydrogen) atoms. The van der Waals surface area contributed by atoms with Gasteiger partial charge in [0.1, 0.15) is 0 Å².